The zero-order valence-electron chi connectivity index (χ0n) is 10.0. The van der Waals surface area contributed by atoms with Crippen molar-refractivity contribution in [2.45, 2.75) is 6.42 Å². The summed E-state index contributed by atoms with van der Waals surface area (Å²) in [5.41, 5.74) is 0.266. The molecule has 1 aromatic rings. The second kappa shape index (κ2) is 6.10. The Kier molecular flexibility index (Phi) is 4.78. The van der Waals surface area contributed by atoms with E-state index in [2.05, 4.69) is 0 Å². The topological polar surface area (TPSA) is 70.0 Å². The molecule has 0 aliphatic rings. The number of phenols is 2. The van der Waals surface area contributed by atoms with Gasteiger partial charge in [0.15, 0.2) is 0 Å². The highest BCUT2D eigenvalue weighted by Gasteiger charge is 2.13. The molecule has 0 heterocycles. The molecule has 0 saturated heterocycles. The van der Waals surface area contributed by atoms with Gasteiger partial charge in [-0.25, -0.2) is 0 Å². The van der Waals surface area contributed by atoms with Crippen molar-refractivity contribution in [2.24, 2.45) is 0 Å². The van der Waals surface area contributed by atoms with Gasteiger partial charge in [-0.2, -0.15) is 0 Å². The molecule has 5 nitrogen and oxygen atoms in total. The number of phenolic OH excluding ortho intramolecular Hbond substituents is 2. The van der Waals surface area contributed by atoms with Gasteiger partial charge in [-0.3, -0.25) is 4.79 Å². The Labute approximate surface area is 100 Å². The Balaban J connectivity index is 2.68. The highest BCUT2D eigenvalue weighted by atomic mass is 16.5. The minimum Gasteiger partial charge on any atom is -0.508 e. The third-order valence-electron chi connectivity index (χ3n) is 2.34. The van der Waals surface area contributed by atoms with Crippen molar-refractivity contribution < 1.29 is 19.7 Å². The molecule has 1 aromatic carbocycles. The number of benzene rings is 1. The van der Waals surface area contributed by atoms with Crippen molar-refractivity contribution in [3.63, 3.8) is 0 Å². The van der Waals surface area contributed by atoms with Crippen LogP contribution in [0.5, 0.6) is 11.5 Å². The predicted molar refractivity (Wildman–Crippen MR) is 63.2 cm³/mol. The molecule has 0 aliphatic carbocycles. The van der Waals surface area contributed by atoms with Crippen LogP contribution in [0.25, 0.3) is 0 Å². The second-order valence-corrected chi connectivity index (χ2v) is 3.81. The van der Waals surface area contributed by atoms with E-state index < -0.39 is 0 Å². The fourth-order valence-electron chi connectivity index (χ4n) is 1.49. The van der Waals surface area contributed by atoms with Crippen molar-refractivity contribution >= 4 is 5.91 Å². The second-order valence-electron chi connectivity index (χ2n) is 3.81. The molecule has 0 fully saturated rings. The fourth-order valence-corrected chi connectivity index (χ4v) is 1.49. The average Bonchev–Trinajstić information content (AvgIpc) is 2.27. The van der Waals surface area contributed by atoms with Gasteiger partial charge in [-0.1, -0.05) is 0 Å². The molecule has 0 aliphatic heterocycles. The zero-order valence-corrected chi connectivity index (χ0v) is 10.0. The maximum atomic E-state index is 11.9. The summed E-state index contributed by atoms with van der Waals surface area (Å²) < 4.78 is 4.90. The Morgan fingerprint density at radius 2 is 1.88 bits per heavy atom. The lowest BCUT2D eigenvalue weighted by Crippen LogP contribution is -2.28. The van der Waals surface area contributed by atoms with Crippen LogP contribution in [0.2, 0.25) is 0 Å². The van der Waals surface area contributed by atoms with Gasteiger partial charge in [-0.05, 0) is 18.6 Å². The monoisotopic (exact) mass is 239 g/mol. The summed E-state index contributed by atoms with van der Waals surface area (Å²) in [6.45, 7) is 1.14. The average molecular weight is 239 g/mol. The maximum Gasteiger partial charge on any atom is 0.253 e. The van der Waals surface area contributed by atoms with Crippen molar-refractivity contribution in [3.8, 4) is 11.5 Å². The normalized spacial score (nSPS) is 10.2. The molecule has 0 bridgehead atoms. The molecule has 1 amide bonds. The first-order valence-electron chi connectivity index (χ1n) is 5.32. The van der Waals surface area contributed by atoms with Crippen LogP contribution < -0.4 is 0 Å². The molecular formula is C12H17NO4. The molecule has 0 unspecified atom stereocenters. The molecule has 1 rings (SSSR count). The lowest BCUT2D eigenvalue weighted by Gasteiger charge is -2.17. The summed E-state index contributed by atoms with van der Waals surface area (Å²) in [5, 5.41) is 18.6. The van der Waals surface area contributed by atoms with Crippen molar-refractivity contribution in [3.05, 3.63) is 23.8 Å². The number of nitrogens with zero attached hydrogens (tertiary/aromatic N) is 1. The SMILES string of the molecule is COCCCN(C)C(=O)c1cc(O)cc(O)c1. The highest BCUT2D eigenvalue weighted by molar-refractivity contribution is 5.94. The molecule has 0 radical (unpaired) electrons. The first-order valence-corrected chi connectivity index (χ1v) is 5.32. The molecular weight excluding hydrogens is 222 g/mol. The molecule has 94 valence electrons. The van der Waals surface area contributed by atoms with Crippen LogP contribution in [-0.4, -0.2) is 48.3 Å². The minimum absolute atomic E-state index is 0.126. The number of hydrogen-bond acceptors (Lipinski definition) is 4. The predicted octanol–water partition coefficient (Wildman–Crippen LogP) is 1.21. The van der Waals surface area contributed by atoms with Crippen LogP contribution in [0, 0.1) is 0 Å². The van der Waals surface area contributed by atoms with Crippen LogP contribution in [0.4, 0.5) is 0 Å². The quantitative estimate of drug-likeness (QED) is 0.758. The fraction of sp³-hybridized carbons (Fsp3) is 0.417. The largest absolute Gasteiger partial charge is 0.508 e. The van der Waals surface area contributed by atoms with Crippen LogP contribution in [0.1, 0.15) is 16.8 Å². The summed E-state index contributed by atoms with van der Waals surface area (Å²) in [7, 11) is 3.27. The number of aromatic hydroxyl groups is 2. The summed E-state index contributed by atoms with van der Waals surface area (Å²) >= 11 is 0. The van der Waals surface area contributed by atoms with E-state index in [1.165, 1.54) is 23.1 Å². The number of carbonyl (C=O) groups is 1. The number of ether oxygens (including phenoxy) is 1. The minimum atomic E-state index is -0.243. The number of carbonyl (C=O) groups excluding carboxylic acids is 1. The van der Waals surface area contributed by atoms with E-state index in [9.17, 15) is 15.0 Å². The molecule has 2 N–H and O–H groups in total. The first-order chi connectivity index (χ1) is 8.04. The van der Waals surface area contributed by atoms with Gasteiger partial charge >= 0.3 is 0 Å². The summed E-state index contributed by atoms with van der Waals surface area (Å²) in [5.74, 6) is -0.496. The van der Waals surface area contributed by atoms with E-state index in [4.69, 9.17) is 4.74 Å². The van der Waals surface area contributed by atoms with E-state index in [1.54, 1.807) is 14.2 Å². The van der Waals surface area contributed by atoms with Crippen LogP contribution in [0.3, 0.4) is 0 Å². The van der Waals surface area contributed by atoms with Crippen molar-refractivity contribution in [2.75, 3.05) is 27.3 Å². The van der Waals surface area contributed by atoms with E-state index in [1.807, 2.05) is 0 Å². The lowest BCUT2D eigenvalue weighted by molar-refractivity contribution is 0.0778. The molecule has 5 heteroatoms. The van der Waals surface area contributed by atoms with Crippen LogP contribution in [0.15, 0.2) is 18.2 Å². The molecule has 17 heavy (non-hydrogen) atoms. The summed E-state index contributed by atoms with van der Waals surface area (Å²) in [6.07, 6.45) is 0.740. The molecule has 0 atom stereocenters. The third-order valence-corrected chi connectivity index (χ3v) is 2.34. The lowest BCUT2D eigenvalue weighted by atomic mass is 10.1. The molecule has 0 aromatic heterocycles. The molecule has 0 saturated carbocycles. The van der Waals surface area contributed by atoms with Crippen molar-refractivity contribution in [1.82, 2.24) is 4.90 Å². The van der Waals surface area contributed by atoms with E-state index in [0.29, 0.717) is 13.2 Å². The van der Waals surface area contributed by atoms with E-state index in [-0.39, 0.29) is 23.0 Å². The van der Waals surface area contributed by atoms with Gasteiger partial charge < -0.3 is 19.8 Å². The van der Waals surface area contributed by atoms with Gasteiger partial charge in [0.25, 0.3) is 5.91 Å². The van der Waals surface area contributed by atoms with Gasteiger partial charge in [0.05, 0.1) is 0 Å². The number of rotatable bonds is 5. The zero-order chi connectivity index (χ0) is 12.8. The number of methoxy groups -OCH3 is 1. The van der Waals surface area contributed by atoms with Gasteiger partial charge in [0.2, 0.25) is 0 Å². The van der Waals surface area contributed by atoms with E-state index in [0.717, 1.165) is 6.42 Å². The Morgan fingerprint density at radius 1 is 1.29 bits per heavy atom. The Morgan fingerprint density at radius 3 is 2.41 bits per heavy atom. The van der Waals surface area contributed by atoms with Gasteiger partial charge in [0, 0.05) is 38.9 Å². The standard InChI is InChI=1S/C12H17NO4/c1-13(4-3-5-17-2)12(16)9-6-10(14)8-11(15)7-9/h6-8,14-15H,3-5H2,1-2H3. The number of amides is 1. The Hall–Kier alpha value is -1.75. The third kappa shape index (κ3) is 3.96. The number of hydrogen-bond donors (Lipinski definition) is 2. The Bertz CT molecular complexity index is 372. The summed E-state index contributed by atoms with van der Waals surface area (Å²) in [4.78, 5) is 13.4. The van der Waals surface area contributed by atoms with Gasteiger partial charge in [0.1, 0.15) is 11.5 Å². The van der Waals surface area contributed by atoms with Crippen LogP contribution in [-0.2, 0) is 4.74 Å². The maximum absolute atomic E-state index is 11.9. The highest BCUT2D eigenvalue weighted by Crippen LogP contribution is 2.21. The van der Waals surface area contributed by atoms with Gasteiger partial charge in [-0.15, -0.1) is 0 Å². The first kappa shape index (κ1) is 13.3. The smallest absolute Gasteiger partial charge is 0.253 e. The summed E-state index contributed by atoms with van der Waals surface area (Å²) in [6, 6.07) is 3.84. The molecule has 0 spiro atoms. The van der Waals surface area contributed by atoms with Crippen molar-refractivity contribution in [1.29, 1.82) is 0 Å². The van der Waals surface area contributed by atoms with E-state index >= 15 is 0 Å². The van der Waals surface area contributed by atoms with Crippen LogP contribution >= 0.6 is 0 Å².